The van der Waals surface area contributed by atoms with Crippen LogP contribution in [0.15, 0.2) is 18.2 Å². The maximum atomic E-state index is 11.8. The molecule has 0 amide bonds. The van der Waals surface area contributed by atoms with Crippen LogP contribution in [0.5, 0.6) is 5.75 Å². The molecule has 0 N–H and O–H groups in total. The lowest BCUT2D eigenvalue weighted by Gasteiger charge is -2.07. The molecule has 0 unspecified atom stereocenters. The zero-order valence-electron chi connectivity index (χ0n) is 14.6. The average Bonchev–Trinajstić information content (AvgIpc) is 2.49. The largest absolute Gasteiger partial charge is 0.427 e. The first-order valence-corrected chi connectivity index (χ1v) is 8.91. The molecular weight excluding hydrogens is 272 g/mol. The van der Waals surface area contributed by atoms with Crippen LogP contribution in [0.1, 0.15) is 82.3 Å². The maximum absolute atomic E-state index is 11.8. The van der Waals surface area contributed by atoms with Gasteiger partial charge in [0.2, 0.25) is 0 Å². The topological polar surface area (TPSA) is 26.3 Å². The van der Waals surface area contributed by atoms with Crippen molar-refractivity contribution in [1.29, 1.82) is 0 Å². The summed E-state index contributed by atoms with van der Waals surface area (Å²) in [5, 5.41) is 0. The average molecular weight is 304 g/mol. The van der Waals surface area contributed by atoms with Crippen LogP contribution in [0.2, 0.25) is 0 Å². The maximum Gasteiger partial charge on any atom is 0.311 e. The van der Waals surface area contributed by atoms with E-state index in [1.165, 1.54) is 50.5 Å². The molecule has 0 saturated carbocycles. The first-order valence-electron chi connectivity index (χ1n) is 8.91. The van der Waals surface area contributed by atoms with Gasteiger partial charge in [0.25, 0.3) is 0 Å². The highest BCUT2D eigenvalue weighted by molar-refractivity contribution is 5.72. The molecule has 0 heterocycles. The molecule has 1 rings (SSSR count). The number of hydrogen-bond donors (Lipinski definition) is 0. The van der Waals surface area contributed by atoms with Crippen LogP contribution in [0.25, 0.3) is 0 Å². The summed E-state index contributed by atoms with van der Waals surface area (Å²) in [7, 11) is 0. The third-order valence-electron chi connectivity index (χ3n) is 4.19. The number of hydrogen-bond acceptors (Lipinski definition) is 2. The standard InChI is InChI=1S/C20H32O2/c1-4-5-6-7-8-9-10-11-12-13-20(21)22-19-15-14-17(2)18(3)16-19/h14-16H,4-13H2,1-3H3. The van der Waals surface area contributed by atoms with Crippen LogP contribution in [0, 0.1) is 13.8 Å². The molecule has 124 valence electrons. The van der Waals surface area contributed by atoms with E-state index in [0.29, 0.717) is 12.2 Å². The summed E-state index contributed by atoms with van der Waals surface area (Å²) >= 11 is 0. The number of carbonyl (C=O) groups is 1. The van der Waals surface area contributed by atoms with E-state index in [1.54, 1.807) is 0 Å². The van der Waals surface area contributed by atoms with Gasteiger partial charge in [-0.3, -0.25) is 4.79 Å². The SMILES string of the molecule is CCCCCCCCCCCC(=O)Oc1ccc(C)c(C)c1. The van der Waals surface area contributed by atoms with Crippen LogP contribution in [-0.4, -0.2) is 5.97 Å². The lowest BCUT2D eigenvalue weighted by atomic mass is 10.1. The zero-order chi connectivity index (χ0) is 16.2. The molecule has 2 heteroatoms. The van der Waals surface area contributed by atoms with Gasteiger partial charge in [-0.1, -0.05) is 64.4 Å². The summed E-state index contributed by atoms with van der Waals surface area (Å²) < 4.78 is 5.38. The number of esters is 1. The van der Waals surface area contributed by atoms with E-state index in [1.807, 2.05) is 25.1 Å². The van der Waals surface area contributed by atoms with E-state index in [0.717, 1.165) is 18.4 Å². The Kier molecular flexibility index (Phi) is 9.61. The fourth-order valence-corrected chi connectivity index (χ4v) is 2.54. The second kappa shape index (κ2) is 11.3. The van der Waals surface area contributed by atoms with Crippen molar-refractivity contribution in [2.24, 2.45) is 0 Å². The van der Waals surface area contributed by atoms with Crippen molar-refractivity contribution < 1.29 is 9.53 Å². The predicted molar refractivity (Wildman–Crippen MR) is 93.4 cm³/mol. The molecule has 0 fully saturated rings. The fourth-order valence-electron chi connectivity index (χ4n) is 2.54. The molecule has 2 nitrogen and oxygen atoms in total. The van der Waals surface area contributed by atoms with Crippen LogP contribution >= 0.6 is 0 Å². The minimum Gasteiger partial charge on any atom is -0.427 e. The van der Waals surface area contributed by atoms with E-state index >= 15 is 0 Å². The predicted octanol–water partition coefficient (Wildman–Crippen LogP) is 6.13. The molecule has 0 atom stereocenters. The number of rotatable bonds is 11. The molecule has 0 aliphatic heterocycles. The van der Waals surface area contributed by atoms with Crippen LogP contribution < -0.4 is 4.74 Å². The van der Waals surface area contributed by atoms with Gasteiger partial charge in [-0.15, -0.1) is 0 Å². The first-order chi connectivity index (χ1) is 10.6. The van der Waals surface area contributed by atoms with Crippen molar-refractivity contribution in [2.75, 3.05) is 0 Å². The minimum atomic E-state index is -0.105. The van der Waals surface area contributed by atoms with Gasteiger partial charge in [-0.2, -0.15) is 0 Å². The Morgan fingerprint density at radius 2 is 1.45 bits per heavy atom. The number of unbranched alkanes of at least 4 members (excludes halogenated alkanes) is 8. The third kappa shape index (κ3) is 8.21. The summed E-state index contributed by atoms with van der Waals surface area (Å²) in [6.45, 7) is 6.34. The van der Waals surface area contributed by atoms with Gasteiger partial charge in [0.15, 0.2) is 0 Å². The highest BCUT2D eigenvalue weighted by atomic mass is 16.5. The summed E-state index contributed by atoms with van der Waals surface area (Å²) in [5.41, 5.74) is 2.38. The number of aryl methyl sites for hydroxylation is 2. The number of ether oxygens (including phenoxy) is 1. The fraction of sp³-hybridized carbons (Fsp3) is 0.650. The summed E-state index contributed by atoms with van der Waals surface area (Å²) in [6.07, 6.45) is 11.9. The normalized spacial score (nSPS) is 10.7. The Morgan fingerprint density at radius 3 is 2.05 bits per heavy atom. The number of benzene rings is 1. The monoisotopic (exact) mass is 304 g/mol. The van der Waals surface area contributed by atoms with Crippen molar-refractivity contribution >= 4 is 5.97 Å². The molecule has 1 aromatic carbocycles. The van der Waals surface area contributed by atoms with Gasteiger partial charge < -0.3 is 4.74 Å². The number of carbonyl (C=O) groups excluding carboxylic acids is 1. The van der Waals surface area contributed by atoms with Crippen molar-refractivity contribution in [2.45, 2.75) is 85.0 Å². The van der Waals surface area contributed by atoms with E-state index in [-0.39, 0.29) is 5.97 Å². The van der Waals surface area contributed by atoms with Crippen LogP contribution in [-0.2, 0) is 4.79 Å². The Hall–Kier alpha value is -1.31. The minimum absolute atomic E-state index is 0.105. The Labute approximate surface area is 136 Å². The summed E-state index contributed by atoms with van der Waals surface area (Å²) in [4.78, 5) is 11.8. The molecule has 0 aliphatic rings. The molecule has 0 saturated heterocycles. The van der Waals surface area contributed by atoms with Gasteiger partial charge in [-0.25, -0.2) is 0 Å². The van der Waals surface area contributed by atoms with Crippen LogP contribution in [0.4, 0.5) is 0 Å². The van der Waals surface area contributed by atoms with E-state index in [9.17, 15) is 4.79 Å². The highest BCUT2D eigenvalue weighted by Crippen LogP contribution is 2.17. The van der Waals surface area contributed by atoms with E-state index in [2.05, 4.69) is 13.8 Å². The Morgan fingerprint density at radius 1 is 0.864 bits per heavy atom. The Bertz CT molecular complexity index is 437. The highest BCUT2D eigenvalue weighted by Gasteiger charge is 2.05. The molecule has 0 radical (unpaired) electrons. The quantitative estimate of drug-likeness (QED) is 0.279. The van der Waals surface area contributed by atoms with E-state index < -0.39 is 0 Å². The molecule has 1 aromatic rings. The summed E-state index contributed by atoms with van der Waals surface area (Å²) in [6, 6.07) is 5.80. The lowest BCUT2D eigenvalue weighted by Crippen LogP contribution is -2.07. The lowest BCUT2D eigenvalue weighted by molar-refractivity contribution is -0.134. The van der Waals surface area contributed by atoms with Crippen molar-refractivity contribution in [3.05, 3.63) is 29.3 Å². The van der Waals surface area contributed by atoms with E-state index in [4.69, 9.17) is 4.74 Å². The molecule has 0 aromatic heterocycles. The second-order valence-electron chi connectivity index (χ2n) is 6.30. The van der Waals surface area contributed by atoms with Crippen LogP contribution in [0.3, 0.4) is 0 Å². The second-order valence-corrected chi connectivity index (χ2v) is 6.30. The van der Waals surface area contributed by atoms with Gasteiger partial charge in [0.05, 0.1) is 0 Å². The smallest absolute Gasteiger partial charge is 0.311 e. The third-order valence-corrected chi connectivity index (χ3v) is 4.19. The summed E-state index contributed by atoms with van der Waals surface area (Å²) in [5.74, 6) is 0.565. The molecular formula is C20H32O2. The van der Waals surface area contributed by atoms with Gasteiger partial charge in [0.1, 0.15) is 5.75 Å². The molecule has 0 spiro atoms. The van der Waals surface area contributed by atoms with Gasteiger partial charge >= 0.3 is 5.97 Å². The molecule has 22 heavy (non-hydrogen) atoms. The zero-order valence-corrected chi connectivity index (χ0v) is 14.6. The van der Waals surface area contributed by atoms with Crippen molar-refractivity contribution in [1.82, 2.24) is 0 Å². The molecule has 0 aliphatic carbocycles. The van der Waals surface area contributed by atoms with Gasteiger partial charge in [0, 0.05) is 6.42 Å². The van der Waals surface area contributed by atoms with Gasteiger partial charge in [-0.05, 0) is 43.5 Å². The van der Waals surface area contributed by atoms with Crippen molar-refractivity contribution in [3.63, 3.8) is 0 Å². The first kappa shape index (κ1) is 18.7. The Balaban J connectivity index is 2.05. The molecule has 0 bridgehead atoms. The van der Waals surface area contributed by atoms with Crippen molar-refractivity contribution in [3.8, 4) is 5.75 Å².